The molecule has 1 saturated heterocycles. The number of amidine groups is 1. The van der Waals surface area contributed by atoms with Gasteiger partial charge in [-0.25, -0.2) is 0 Å². The fourth-order valence-corrected chi connectivity index (χ4v) is 3.08. The van der Waals surface area contributed by atoms with Gasteiger partial charge < -0.3 is 4.90 Å². The van der Waals surface area contributed by atoms with Crippen molar-refractivity contribution in [2.24, 2.45) is 10.3 Å². The van der Waals surface area contributed by atoms with Crippen LogP contribution in [0.1, 0.15) is 44.9 Å². The lowest BCUT2D eigenvalue weighted by Crippen LogP contribution is -2.47. The molecule has 1 unspecified atom stereocenters. The molecule has 0 aromatic heterocycles. The van der Waals surface area contributed by atoms with Crippen molar-refractivity contribution in [1.82, 2.24) is 4.90 Å². The minimum Gasteiger partial charge on any atom is -0.332 e. The summed E-state index contributed by atoms with van der Waals surface area (Å²) in [6, 6.07) is 7.49. The first-order valence-corrected chi connectivity index (χ1v) is 9.16. The van der Waals surface area contributed by atoms with Gasteiger partial charge in [0.05, 0.1) is 11.7 Å². The van der Waals surface area contributed by atoms with E-state index in [1.807, 2.05) is 32.1 Å². The Morgan fingerprint density at radius 3 is 3.04 bits per heavy atom. The highest BCUT2D eigenvalue weighted by Crippen LogP contribution is 2.20. The number of rotatable bonds is 7. The maximum Gasteiger partial charge on any atom is 0.223 e. The van der Waals surface area contributed by atoms with Crippen LogP contribution in [0.2, 0.25) is 0 Å². The monoisotopic (exact) mass is 351 g/mol. The molecular formula is C19H26BN5O. The molecule has 2 N–H and O–H groups in total. The number of terminal acetylenes is 1. The highest BCUT2D eigenvalue weighted by Gasteiger charge is 2.29. The van der Waals surface area contributed by atoms with Gasteiger partial charge >= 0.3 is 0 Å². The van der Waals surface area contributed by atoms with Crippen molar-refractivity contribution in [2.45, 2.75) is 51.0 Å². The van der Waals surface area contributed by atoms with Gasteiger partial charge in [-0.05, 0) is 44.2 Å². The lowest BCUT2D eigenvalue weighted by atomic mass is 9.96. The average Bonchev–Trinajstić information content (AvgIpc) is 2.65. The highest BCUT2D eigenvalue weighted by atomic mass is 16.2. The molecule has 7 heteroatoms. The Bertz CT molecular complexity index is 697. The summed E-state index contributed by atoms with van der Waals surface area (Å²) in [6.45, 7) is 0.682. The van der Waals surface area contributed by atoms with Gasteiger partial charge in [-0.1, -0.05) is 22.8 Å². The molecule has 1 amide bonds. The summed E-state index contributed by atoms with van der Waals surface area (Å²) in [4.78, 5) is 14.3. The third-order valence-electron chi connectivity index (χ3n) is 4.46. The quantitative estimate of drug-likeness (QED) is 0.150. The fraction of sp³-hybridized carbons (Fsp3) is 0.474. The standard InChI is InChI=1S/C19H26BN5O/c1-2-3-4-5-12-18(26)25-13-7-6-11-17(25)19(21)23-24-22-16-10-8-9-15(20)14-16/h1,8-10,14,17H,3-7,11-13,20H2,(H2,21,22,23). The zero-order valence-electron chi connectivity index (χ0n) is 15.4. The summed E-state index contributed by atoms with van der Waals surface area (Å²) in [6.07, 6.45) is 10.8. The van der Waals surface area contributed by atoms with Crippen LogP contribution in [0.15, 0.2) is 34.6 Å². The molecule has 1 fully saturated rings. The molecule has 136 valence electrons. The van der Waals surface area contributed by atoms with Crippen LogP contribution in [0.25, 0.3) is 0 Å². The number of likely N-dealkylation sites (tertiary alicyclic amines) is 1. The molecule has 0 saturated carbocycles. The number of carbonyl (C=O) groups is 1. The van der Waals surface area contributed by atoms with E-state index in [0.717, 1.165) is 43.3 Å². The van der Waals surface area contributed by atoms with Crippen molar-refractivity contribution in [3.63, 3.8) is 0 Å². The van der Waals surface area contributed by atoms with Crippen LogP contribution in [-0.2, 0) is 4.79 Å². The number of amides is 1. The Morgan fingerprint density at radius 2 is 2.27 bits per heavy atom. The number of unbranched alkanes of at least 4 members (excludes halogenated alkanes) is 2. The van der Waals surface area contributed by atoms with E-state index >= 15 is 0 Å². The maximum absolute atomic E-state index is 12.5. The van der Waals surface area contributed by atoms with E-state index in [1.165, 1.54) is 0 Å². The lowest BCUT2D eigenvalue weighted by Gasteiger charge is -2.34. The van der Waals surface area contributed by atoms with Gasteiger partial charge in [-0.3, -0.25) is 15.6 Å². The number of hydrogen-bond donors (Lipinski definition) is 2. The van der Waals surface area contributed by atoms with Gasteiger partial charge in [0.15, 0.2) is 5.84 Å². The highest BCUT2D eigenvalue weighted by molar-refractivity contribution is 6.32. The van der Waals surface area contributed by atoms with Crippen molar-refractivity contribution >= 4 is 30.7 Å². The summed E-state index contributed by atoms with van der Waals surface area (Å²) in [5.41, 5.74) is 4.79. The molecule has 1 aliphatic heterocycles. The smallest absolute Gasteiger partial charge is 0.223 e. The largest absolute Gasteiger partial charge is 0.332 e. The second kappa shape index (κ2) is 10.4. The second-order valence-corrected chi connectivity index (χ2v) is 6.58. The Kier molecular flexibility index (Phi) is 7.88. The predicted molar refractivity (Wildman–Crippen MR) is 107 cm³/mol. The predicted octanol–water partition coefficient (Wildman–Crippen LogP) is 2.28. The number of piperidine rings is 1. The van der Waals surface area contributed by atoms with Gasteiger partial charge in [-0.2, -0.15) is 0 Å². The molecule has 1 aromatic rings. The van der Waals surface area contributed by atoms with Crippen LogP contribution in [0.3, 0.4) is 0 Å². The third-order valence-corrected chi connectivity index (χ3v) is 4.46. The van der Waals surface area contributed by atoms with Crippen LogP contribution < -0.4 is 10.9 Å². The van der Waals surface area contributed by atoms with Crippen molar-refractivity contribution in [1.29, 1.82) is 5.41 Å². The molecule has 0 spiro atoms. The summed E-state index contributed by atoms with van der Waals surface area (Å²) in [7, 11) is 2.00. The lowest BCUT2D eigenvalue weighted by molar-refractivity contribution is -0.133. The maximum atomic E-state index is 12.5. The van der Waals surface area contributed by atoms with Crippen LogP contribution in [-0.4, -0.2) is 37.1 Å². The number of carbonyl (C=O) groups excluding carboxylic acids is 1. The van der Waals surface area contributed by atoms with E-state index in [2.05, 4.69) is 21.7 Å². The molecule has 6 nitrogen and oxygen atoms in total. The van der Waals surface area contributed by atoms with Gasteiger partial charge in [-0.15, -0.1) is 17.5 Å². The molecule has 0 bridgehead atoms. The summed E-state index contributed by atoms with van der Waals surface area (Å²) < 4.78 is 0. The fourth-order valence-electron chi connectivity index (χ4n) is 3.08. The van der Waals surface area contributed by atoms with Crippen LogP contribution in [0.5, 0.6) is 0 Å². The Morgan fingerprint density at radius 1 is 1.42 bits per heavy atom. The molecule has 0 radical (unpaired) electrons. The topological polar surface area (TPSA) is 80.9 Å². The van der Waals surface area contributed by atoms with Crippen molar-refractivity contribution in [3.05, 3.63) is 24.3 Å². The van der Waals surface area contributed by atoms with Crippen molar-refractivity contribution in [2.75, 3.05) is 12.0 Å². The first-order valence-electron chi connectivity index (χ1n) is 9.16. The third kappa shape index (κ3) is 6.03. The van der Waals surface area contributed by atoms with Crippen LogP contribution in [0.4, 0.5) is 5.69 Å². The number of anilines is 1. The Balaban J connectivity index is 1.90. The molecular weight excluding hydrogens is 325 g/mol. The van der Waals surface area contributed by atoms with E-state index < -0.39 is 0 Å². The van der Waals surface area contributed by atoms with Crippen LogP contribution in [0, 0.1) is 17.8 Å². The zero-order valence-corrected chi connectivity index (χ0v) is 15.4. The van der Waals surface area contributed by atoms with E-state index in [1.54, 1.807) is 4.90 Å². The van der Waals surface area contributed by atoms with Gasteiger partial charge in [0.2, 0.25) is 5.91 Å². The zero-order chi connectivity index (χ0) is 18.8. The van der Waals surface area contributed by atoms with Crippen molar-refractivity contribution < 1.29 is 4.79 Å². The molecule has 26 heavy (non-hydrogen) atoms. The molecule has 1 aromatic carbocycles. The van der Waals surface area contributed by atoms with Crippen molar-refractivity contribution in [3.8, 4) is 12.3 Å². The normalized spacial score (nSPS) is 17.0. The molecule has 2 rings (SSSR count). The Hall–Kier alpha value is -2.62. The summed E-state index contributed by atoms with van der Waals surface area (Å²) >= 11 is 0. The minimum absolute atomic E-state index is 0.0818. The number of hydrogen-bond acceptors (Lipinski definition) is 3. The van der Waals surface area contributed by atoms with E-state index in [9.17, 15) is 4.79 Å². The number of nitrogens with one attached hydrogen (secondary N) is 2. The SMILES string of the molecule is Bc1cccc(N/N=N\C(=N)C2CCCCN2C(=O)CCCCC#C)c1. The average molecular weight is 351 g/mol. The first kappa shape index (κ1) is 19.7. The summed E-state index contributed by atoms with van der Waals surface area (Å²) in [5.74, 6) is 2.80. The van der Waals surface area contributed by atoms with E-state index in [-0.39, 0.29) is 17.8 Å². The molecule has 1 aliphatic rings. The second-order valence-electron chi connectivity index (χ2n) is 6.58. The van der Waals surface area contributed by atoms with Crippen LogP contribution >= 0.6 is 0 Å². The number of nitrogens with zero attached hydrogens (tertiary/aromatic N) is 3. The molecule has 0 aliphatic carbocycles. The Labute approximate surface area is 156 Å². The summed E-state index contributed by atoms with van der Waals surface area (Å²) in [5, 5.41) is 16.2. The van der Waals surface area contributed by atoms with Gasteiger partial charge in [0.1, 0.15) is 7.85 Å². The van der Waals surface area contributed by atoms with Gasteiger partial charge in [0.25, 0.3) is 0 Å². The first-order chi connectivity index (χ1) is 12.6. The molecule has 1 atom stereocenters. The van der Waals surface area contributed by atoms with E-state index in [4.69, 9.17) is 11.8 Å². The van der Waals surface area contributed by atoms with E-state index in [0.29, 0.717) is 19.4 Å². The molecule has 1 heterocycles. The minimum atomic E-state index is -0.285. The van der Waals surface area contributed by atoms with Gasteiger partial charge in [0, 0.05) is 19.4 Å². The number of benzene rings is 1.